The van der Waals surface area contributed by atoms with Gasteiger partial charge in [0.15, 0.2) is 0 Å². The van der Waals surface area contributed by atoms with Gasteiger partial charge in [-0.1, -0.05) is 78.2 Å². The molecule has 4 unspecified atom stereocenters. The summed E-state index contributed by atoms with van der Waals surface area (Å²) in [7, 11) is 0. The van der Waals surface area contributed by atoms with E-state index in [1.807, 2.05) is 0 Å². The Morgan fingerprint density at radius 2 is 1.79 bits per heavy atom. The normalized spacial score (nSPS) is 41.0. The molecule has 2 fully saturated rings. The van der Waals surface area contributed by atoms with Crippen LogP contribution in [-0.4, -0.2) is 11.2 Å². The second-order valence-corrected chi connectivity index (χ2v) is 11.9. The average molecular weight is 397 g/mol. The third kappa shape index (κ3) is 3.50. The van der Waals surface area contributed by atoms with Crippen LogP contribution in [-0.2, 0) is 0 Å². The molecule has 1 nitrogen and oxygen atoms in total. The fourth-order valence-electron chi connectivity index (χ4n) is 7.39. The molecule has 0 aromatic carbocycles. The minimum Gasteiger partial charge on any atom is -0.393 e. The molecule has 29 heavy (non-hydrogen) atoms. The van der Waals surface area contributed by atoms with E-state index in [9.17, 15) is 5.11 Å². The maximum absolute atomic E-state index is 10.2. The Bertz CT molecular complexity index is 725. The molecule has 0 amide bonds. The molecule has 4 aliphatic carbocycles. The molecule has 0 saturated heterocycles. The molecule has 162 valence electrons. The monoisotopic (exact) mass is 396 g/mol. The van der Waals surface area contributed by atoms with Gasteiger partial charge in [-0.25, -0.2) is 0 Å². The minimum absolute atomic E-state index is 0.135. The van der Waals surface area contributed by atoms with Gasteiger partial charge in [0.25, 0.3) is 0 Å². The zero-order chi connectivity index (χ0) is 21.0. The van der Waals surface area contributed by atoms with E-state index in [1.54, 1.807) is 11.1 Å². The number of hydrogen-bond donors (Lipinski definition) is 1. The van der Waals surface area contributed by atoms with Gasteiger partial charge in [-0.15, -0.1) is 0 Å². The van der Waals surface area contributed by atoms with E-state index >= 15 is 0 Å². The first-order valence-corrected chi connectivity index (χ1v) is 12.5. The van der Waals surface area contributed by atoms with Gasteiger partial charge in [0.05, 0.1) is 6.10 Å². The molecule has 7 atom stereocenters. The molecule has 0 radical (unpaired) electrons. The van der Waals surface area contributed by atoms with Crippen LogP contribution >= 0.6 is 0 Å². The van der Waals surface area contributed by atoms with Crippen LogP contribution in [0.2, 0.25) is 0 Å². The van der Waals surface area contributed by atoms with Gasteiger partial charge in [0.2, 0.25) is 0 Å². The molecular weight excluding hydrogens is 352 g/mol. The predicted octanol–water partition coefficient (Wildman–Crippen LogP) is 7.47. The minimum atomic E-state index is -0.135. The molecule has 1 N–H and O–H groups in total. The largest absolute Gasteiger partial charge is 0.393 e. The van der Waals surface area contributed by atoms with Crippen LogP contribution in [0, 0.1) is 40.4 Å². The second kappa shape index (κ2) is 7.70. The number of aliphatic hydroxyl groups excluding tert-OH is 1. The van der Waals surface area contributed by atoms with Crippen LogP contribution in [0.5, 0.6) is 0 Å². The molecule has 4 rings (SSSR count). The summed E-state index contributed by atoms with van der Waals surface area (Å²) < 4.78 is 0. The Morgan fingerprint density at radius 3 is 2.52 bits per heavy atom. The first-order chi connectivity index (χ1) is 13.7. The standard InChI is InChI=1S/C28H44O/c1-18(2)19(3)7-8-20(4)24-11-12-25-23-10-9-21-17-22(29)13-15-27(21,5)26(23)14-16-28(24,25)6/h9-10,14,18-20,22,24-25,29H,7-8,11-13,15-17H2,1-6H3/t19-,20-,22+,24?,25?,27?,28?/m1/s1. The SMILES string of the molecule is CC(C)[C@H](C)CC[C@@H](C)C1CCC2C3=CC=C4C[C@@H](O)CCC4(C)C3=CCC21C. The Morgan fingerprint density at radius 1 is 1.03 bits per heavy atom. The lowest BCUT2D eigenvalue weighted by atomic mass is 9.54. The van der Waals surface area contributed by atoms with Crippen molar-refractivity contribution < 1.29 is 5.11 Å². The molecule has 0 aromatic rings. The lowest BCUT2D eigenvalue weighted by Crippen LogP contribution is -2.41. The van der Waals surface area contributed by atoms with Gasteiger partial charge in [0, 0.05) is 5.41 Å². The zero-order valence-electron chi connectivity index (χ0n) is 19.8. The number of allylic oxidation sites excluding steroid dienone is 5. The zero-order valence-corrected chi connectivity index (χ0v) is 19.8. The third-order valence-electron chi connectivity index (χ3n) is 9.94. The highest BCUT2D eigenvalue weighted by atomic mass is 16.3. The van der Waals surface area contributed by atoms with Crippen LogP contribution in [0.25, 0.3) is 0 Å². The van der Waals surface area contributed by atoms with Crippen LogP contribution < -0.4 is 0 Å². The Labute approximate surface area is 179 Å². The van der Waals surface area contributed by atoms with E-state index in [0.29, 0.717) is 5.41 Å². The van der Waals surface area contributed by atoms with Gasteiger partial charge in [-0.3, -0.25) is 0 Å². The van der Waals surface area contributed by atoms with Crippen LogP contribution in [0.15, 0.2) is 34.9 Å². The molecule has 0 aliphatic heterocycles. The van der Waals surface area contributed by atoms with Gasteiger partial charge in [-0.05, 0) is 84.7 Å². The molecule has 4 aliphatic rings. The van der Waals surface area contributed by atoms with Crippen molar-refractivity contribution >= 4 is 0 Å². The highest BCUT2D eigenvalue weighted by Crippen LogP contribution is 2.64. The number of hydrogen-bond acceptors (Lipinski definition) is 1. The lowest BCUT2D eigenvalue weighted by molar-refractivity contribution is 0.105. The smallest absolute Gasteiger partial charge is 0.0578 e. The van der Waals surface area contributed by atoms with Crippen molar-refractivity contribution in [3.8, 4) is 0 Å². The lowest BCUT2D eigenvalue weighted by Gasteiger charge is -2.50. The number of aliphatic hydroxyl groups is 1. The summed E-state index contributed by atoms with van der Waals surface area (Å²) in [5.74, 6) is 4.07. The van der Waals surface area contributed by atoms with Crippen molar-refractivity contribution in [1.82, 2.24) is 0 Å². The Balaban J connectivity index is 1.56. The van der Waals surface area contributed by atoms with Crippen molar-refractivity contribution in [2.75, 3.05) is 0 Å². The first kappa shape index (κ1) is 21.4. The van der Waals surface area contributed by atoms with Crippen LogP contribution in [0.1, 0.15) is 92.9 Å². The van der Waals surface area contributed by atoms with Gasteiger partial charge < -0.3 is 5.11 Å². The summed E-state index contributed by atoms with van der Waals surface area (Å²) in [6, 6.07) is 0. The topological polar surface area (TPSA) is 20.2 Å². The summed E-state index contributed by atoms with van der Waals surface area (Å²) in [6.07, 6.45) is 17.1. The third-order valence-corrected chi connectivity index (χ3v) is 9.94. The quantitative estimate of drug-likeness (QED) is 0.511. The molecular formula is C28H44O. The fraction of sp³-hybridized carbons (Fsp3) is 0.786. The summed E-state index contributed by atoms with van der Waals surface area (Å²) in [5, 5.41) is 10.2. The van der Waals surface area contributed by atoms with Crippen LogP contribution in [0.3, 0.4) is 0 Å². The molecule has 0 heterocycles. The highest BCUT2D eigenvalue weighted by Gasteiger charge is 2.54. The van der Waals surface area contributed by atoms with Crippen molar-refractivity contribution in [2.24, 2.45) is 40.4 Å². The van der Waals surface area contributed by atoms with Gasteiger partial charge >= 0.3 is 0 Å². The van der Waals surface area contributed by atoms with Crippen molar-refractivity contribution in [3.05, 3.63) is 34.9 Å². The van der Waals surface area contributed by atoms with E-state index in [-0.39, 0.29) is 11.5 Å². The van der Waals surface area contributed by atoms with Crippen LogP contribution in [0.4, 0.5) is 0 Å². The summed E-state index contributed by atoms with van der Waals surface area (Å²) in [4.78, 5) is 0. The van der Waals surface area contributed by atoms with Crippen molar-refractivity contribution in [1.29, 1.82) is 0 Å². The summed E-state index contributed by atoms with van der Waals surface area (Å²) in [5.41, 5.74) is 5.38. The van der Waals surface area contributed by atoms with E-state index < -0.39 is 0 Å². The summed E-state index contributed by atoms with van der Waals surface area (Å²) in [6.45, 7) is 14.8. The van der Waals surface area contributed by atoms with E-state index in [4.69, 9.17) is 0 Å². The van der Waals surface area contributed by atoms with Gasteiger partial charge in [0.1, 0.15) is 0 Å². The van der Waals surface area contributed by atoms with Crippen molar-refractivity contribution in [3.63, 3.8) is 0 Å². The average Bonchev–Trinajstić information content (AvgIpc) is 3.03. The number of rotatable bonds is 5. The fourth-order valence-corrected chi connectivity index (χ4v) is 7.39. The molecule has 1 heteroatoms. The van der Waals surface area contributed by atoms with E-state index in [2.05, 4.69) is 59.8 Å². The second-order valence-electron chi connectivity index (χ2n) is 11.9. The predicted molar refractivity (Wildman–Crippen MR) is 124 cm³/mol. The molecule has 2 saturated carbocycles. The Kier molecular flexibility index (Phi) is 5.69. The number of fused-ring (bicyclic) bond motifs is 5. The highest BCUT2D eigenvalue weighted by molar-refractivity contribution is 5.53. The molecule has 0 bridgehead atoms. The maximum Gasteiger partial charge on any atom is 0.0578 e. The molecule has 0 spiro atoms. The first-order valence-electron chi connectivity index (χ1n) is 12.5. The van der Waals surface area contributed by atoms with Gasteiger partial charge in [-0.2, -0.15) is 0 Å². The maximum atomic E-state index is 10.2. The van der Waals surface area contributed by atoms with E-state index in [0.717, 1.165) is 48.9 Å². The van der Waals surface area contributed by atoms with Crippen molar-refractivity contribution in [2.45, 2.75) is 99.0 Å². The Hall–Kier alpha value is -0.820. The van der Waals surface area contributed by atoms with E-state index in [1.165, 1.54) is 37.7 Å². The summed E-state index contributed by atoms with van der Waals surface area (Å²) >= 11 is 0. The molecule has 0 aromatic heterocycles.